The monoisotopic (exact) mass is 396 g/mol. The van der Waals surface area contributed by atoms with E-state index in [1.807, 2.05) is 0 Å². The van der Waals surface area contributed by atoms with Crippen molar-refractivity contribution in [2.45, 2.75) is 19.4 Å². The van der Waals surface area contributed by atoms with Crippen LogP contribution in [0.3, 0.4) is 0 Å². The van der Waals surface area contributed by atoms with Gasteiger partial charge in [-0.15, -0.1) is 0 Å². The van der Waals surface area contributed by atoms with E-state index < -0.39 is 9.84 Å². The molecule has 1 aromatic heterocycles. The highest BCUT2D eigenvalue weighted by molar-refractivity contribution is 7.91. The van der Waals surface area contributed by atoms with E-state index in [1.165, 1.54) is 6.20 Å². The molecular formula is C17H24N4O5S. The van der Waals surface area contributed by atoms with Gasteiger partial charge in [-0.3, -0.25) is 9.78 Å². The molecule has 0 bridgehead atoms. The summed E-state index contributed by atoms with van der Waals surface area (Å²) in [4.78, 5) is 31.8. The summed E-state index contributed by atoms with van der Waals surface area (Å²) in [5, 5.41) is 3.15. The van der Waals surface area contributed by atoms with Crippen LogP contribution in [-0.2, 0) is 14.6 Å². The highest BCUT2D eigenvalue weighted by Gasteiger charge is 2.28. The van der Waals surface area contributed by atoms with E-state index in [0.29, 0.717) is 50.5 Å². The number of pyridine rings is 1. The van der Waals surface area contributed by atoms with Gasteiger partial charge < -0.3 is 19.9 Å². The van der Waals surface area contributed by atoms with Crippen LogP contribution in [0.5, 0.6) is 0 Å². The van der Waals surface area contributed by atoms with Crippen molar-refractivity contribution in [2.75, 3.05) is 49.6 Å². The normalized spacial score (nSPS) is 21.7. The molecule has 27 heavy (non-hydrogen) atoms. The molecule has 9 nitrogen and oxygen atoms in total. The molecule has 2 amide bonds. The first kappa shape index (κ1) is 19.4. The molecule has 3 heterocycles. The molecule has 0 aliphatic carbocycles. The Morgan fingerprint density at radius 3 is 2.56 bits per heavy atom. The molecule has 1 unspecified atom stereocenters. The third kappa shape index (κ3) is 4.88. The predicted octanol–water partition coefficient (Wildman–Crippen LogP) is 0.595. The minimum atomic E-state index is -2.98. The average molecular weight is 396 g/mol. The molecule has 1 aromatic rings. The summed E-state index contributed by atoms with van der Waals surface area (Å²) >= 11 is 0. The van der Waals surface area contributed by atoms with Crippen LogP contribution >= 0.6 is 0 Å². The molecule has 0 spiro atoms. The predicted molar refractivity (Wildman–Crippen MR) is 99.4 cm³/mol. The van der Waals surface area contributed by atoms with Crippen molar-refractivity contribution >= 4 is 27.5 Å². The van der Waals surface area contributed by atoms with Crippen LogP contribution in [0.4, 0.5) is 10.5 Å². The summed E-state index contributed by atoms with van der Waals surface area (Å²) in [6.45, 7) is 3.79. The van der Waals surface area contributed by atoms with Crippen LogP contribution in [0.2, 0.25) is 0 Å². The van der Waals surface area contributed by atoms with E-state index in [-0.39, 0.29) is 29.5 Å². The first-order chi connectivity index (χ1) is 12.9. The SMILES string of the molecule is CCOC(=O)N1CCN(C(=O)c2cncc(NC3CCS(=O)(=O)C3)c2)CC1. The van der Waals surface area contributed by atoms with Crippen LogP contribution in [-0.4, -0.2) is 85.5 Å². The van der Waals surface area contributed by atoms with Crippen molar-refractivity contribution in [3.05, 3.63) is 24.0 Å². The standard InChI is InChI=1S/C17H24N4O5S/c1-2-26-17(23)21-6-4-20(5-7-21)16(22)13-9-15(11-18-10-13)19-14-3-8-27(24,25)12-14/h9-11,14,19H,2-8,12H2,1H3. The van der Waals surface area contributed by atoms with E-state index in [4.69, 9.17) is 4.74 Å². The van der Waals surface area contributed by atoms with Gasteiger partial charge >= 0.3 is 6.09 Å². The molecular weight excluding hydrogens is 372 g/mol. The Morgan fingerprint density at radius 2 is 1.93 bits per heavy atom. The number of nitrogens with one attached hydrogen (secondary N) is 1. The maximum Gasteiger partial charge on any atom is 0.409 e. The zero-order chi connectivity index (χ0) is 19.4. The van der Waals surface area contributed by atoms with Crippen LogP contribution in [0, 0.1) is 0 Å². The quantitative estimate of drug-likeness (QED) is 0.793. The van der Waals surface area contributed by atoms with Crippen LogP contribution in [0.25, 0.3) is 0 Å². The Balaban J connectivity index is 1.59. The van der Waals surface area contributed by atoms with Crippen molar-refractivity contribution in [1.82, 2.24) is 14.8 Å². The van der Waals surface area contributed by atoms with Gasteiger partial charge in [0.15, 0.2) is 9.84 Å². The Kier molecular flexibility index (Phi) is 5.83. The highest BCUT2D eigenvalue weighted by atomic mass is 32.2. The zero-order valence-electron chi connectivity index (χ0n) is 15.3. The molecule has 3 rings (SSSR count). The molecule has 0 radical (unpaired) electrons. The number of carbonyl (C=O) groups excluding carboxylic acids is 2. The van der Waals surface area contributed by atoms with Crippen molar-refractivity contribution in [2.24, 2.45) is 0 Å². The first-order valence-corrected chi connectivity index (χ1v) is 10.8. The molecule has 2 saturated heterocycles. The summed E-state index contributed by atoms with van der Waals surface area (Å²) in [5.41, 5.74) is 1.07. The lowest BCUT2D eigenvalue weighted by atomic mass is 10.2. The van der Waals surface area contributed by atoms with Gasteiger partial charge in [-0.05, 0) is 19.4 Å². The highest BCUT2D eigenvalue weighted by Crippen LogP contribution is 2.19. The third-order valence-electron chi connectivity index (χ3n) is 4.68. The second kappa shape index (κ2) is 8.12. The summed E-state index contributed by atoms with van der Waals surface area (Å²) < 4.78 is 28.1. The number of carbonyl (C=O) groups is 2. The van der Waals surface area contributed by atoms with Gasteiger partial charge in [0.05, 0.1) is 29.4 Å². The number of rotatable bonds is 4. The van der Waals surface area contributed by atoms with E-state index in [0.717, 1.165) is 0 Å². The maximum absolute atomic E-state index is 12.7. The minimum absolute atomic E-state index is 0.0982. The number of sulfone groups is 1. The largest absolute Gasteiger partial charge is 0.450 e. The fourth-order valence-electron chi connectivity index (χ4n) is 3.27. The molecule has 1 atom stereocenters. The van der Waals surface area contributed by atoms with Crippen LogP contribution in [0.15, 0.2) is 18.5 Å². The first-order valence-electron chi connectivity index (χ1n) is 9.01. The summed E-state index contributed by atoms with van der Waals surface area (Å²) in [6, 6.07) is 1.54. The lowest BCUT2D eigenvalue weighted by Gasteiger charge is -2.34. The van der Waals surface area contributed by atoms with Crippen LogP contribution < -0.4 is 5.32 Å². The number of aromatic nitrogens is 1. The number of piperazine rings is 1. The number of hydrogen-bond acceptors (Lipinski definition) is 7. The van der Waals surface area contributed by atoms with Gasteiger partial charge in [-0.1, -0.05) is 0 Å². The number of hydrogen-bond donors (Lipinski definition) is 1. The van der Waals surface area contributed by atoms with Gasteiger partial charge in [-0.25, -0.2) is 13.2 Å². The molecule has 0 saturated carbocycles. The minimum Gasteiger partial charge on any atom is -0.450 e. The molecule has 0 aromatic carbocycles. The lowest BCUT2D eigenvalue weighted by Crippen LogP contribution is -2.50. The van der Waals surface area contributed by atoms with E-state index in [1.54, 1.807) is 29.0 Å². The van der Waals surface area contributed by atoms with E-state index in [9.17, 15) is 18.0 Å². The second-order valence-electron chi connectivity index (χ2n) is 6.68. The molecule has 2 aliphatic rings. The summed E-state index contributed by atoms with van der Waals surface area (Å²) in [7, 11) is -2.98. The van der Waals surface area contributed by atoms with Crippen molar-refractivity contribution in [3.63, 3.8) is 0 Å². The zero-order valence-corrected chi connectivity index (χ0v) is 16.1. The van der Waals surface area contributed by atoms with E-state index in [2.05, 4.69) is 10.3 Å². The van der Waals surface area contributed by atoms with Crippen molar-refractivity contribution < 1.29 is 22.7 Å². The number of nitrogens with zero attached hydrogens (tertiary/aromatic N) is 3. The smallest absolute Gasteiger partial charge is 0.409 e. The summed E-state index contributed by atoms with van der Waals surface area (Å²) in [5.74, 6) is 0.122. The number of anilines is 1. The Bertz CT molecular complexity index is 805. The van der Waals surface area contributed by atoms with Gasteiger partial charge in [0.2, 0.25) is 0 Å². The molecule has 10 heteroatoms. The molecule has 2 fully saturated rings. The van der Waals surface area contributed by atoms with Gasteiger partial charge in [0.1, 0.15) is 0 Å². The summed E-state index contributed by atoms with van der Waals surface area (Å²) in [6.07, 6.45) is 3.27. The second-order valence-corrected chi connectivity index (χ2v) is 8.91. The molecule has 2 aliphatic heterocycles. The number of ether oxygens (including phenoxy) is 1. The van der Waals surface area contributed by atoms with Crippen molar-refractivity contribution in [3.8, 4) is 0 Å². The van der Waals surface area contributed by atoms with Gasteiger partial charge in [-0.2, -0.15) is 0 Å². The number of amides is 2. The van der Waals surface area contributed by atoms with Gasteiger partial charge in [0, 0.05) is 44.6 Å². The Labute approximate surface area is 158 Å². The lowest BCUT2D eigenvalue weighted by molar-refractivity contribution is 0.0570. The topological polar surface area (TPSA) is 109 Å². The van der Waals surface area contributed by atoms with E-state index >= 15 is 0 Å². The fraction of sp³-hybridized carbons (Fsp3) is 0.588. The fourth-order valence-corrected chi connectivity index (χ4v) is 4.94. The molecule has 148 valence electrons. The Morgan fingerprint density at radius 1 is 1.22 bits per heavy atom. The third-order valence-corrected chi connectivity index (χ3v) is 6.45. The average Bonchev–Trinajstić information content (AvgIpc) is 3.00. The molecule has 1 N–H and O–H groups in total. The van der Waals surface area contributed by atoms with Crippen LogP contribution in [0.1, 0.15) is 23.7 Å². The maximum atomic E-state index is 12.7. The Hall–Kier alpha value is -2.36. The van der Waals surface area contributed by atoms with Gasteiger partial charge in [0.25, 0.3) is 5.91 Å². The van der Waals surface area contributed by atoms with Crippen molar-refractivity contribution in [1.29, 1.82) is 0 Å².